The van der Waals surface area contributed by atoms with Crippen LogP contribution in [-0.4, -0.2) is 15.2 Å². The molecule has 0 aliphatic heterocycles. The molecule has 3 heteroatoms. The molecule has 2 aromatic carbocycles. The standard InChI is InChI=1S/C21H17N3/c1-15-6-5-13-22-21(15)17-10-12-20-18(14-17)19(23-24-20)11-9-16-7-3-2-4-8-16/h2-14H,1H3,(H,23,24)/b11-9+. The first kappa shape index (κ1) is 14.4. The number of pyridine rings is 1. The molecule has 0 fully saturated rings. The molecule has 0 saturated carbocycles. The summed E-state index contributed by atoms with van der Waals surface area (Å²) in [7, 11) is 0. The van der Waals surface area contributed by atoms with Gasteiger partial charge in [-0.2, -0.15) is 5.10 Å². The number of nitrogens with zero attached hydrogens (tertiary/aromatic N) is 2. The number of benzene rings is 2. The highest BCUT2D eigenvalue weighted by molar-refractivity contribution is 5.92. The van der Waals surface area contributed by atoms with E-state index < -0.39 is 0 Å². The van der Waals surface area contributed by atoms with Crippen molar-refractivity contribution in [2.75, 3.05) is 0 Å². The molecule has 2 aromatic heterocycles. The van der Waals surface area contributed by atoms with Gasteiger partial charge < -0.3 is 0 Å². The van der Waals surface area contributed by atoms with E-state index in [2.05, 4.69) is 64.6 Å². The number of rotatable bonds is 3. The molecule has 0 atom stereocenters. The van der Waals surface area contributed by atoms with Crippen LogP contribution in [0.5, 0.6) is 0 Å². The third kappa shape index (κ3) is 2.72. The van der Waals surface area contributed by atoms with E-state index in [0.717, 1.165) is 33.4 Å². The van der Waals surface area contributed by atoms with Crippen LogP contribution in [0.2, 0.25) is 0 Å². The number of H-pyrrole nitrogens is 1. The summed E-state index contributed by atoms with van der Waals surface area (Å²) in [6, 6.07) is 20.6. The Morgan fingerprint density at radius 3 is 2.62 bits per heavy atom. The fourth-order valence-corrected chi connectivity index (χ4v) is 2.84. The van der Waals surface area contributed by atoms with Crippen molar-refractivity contribution in [3.8, 4) is 11.3 Å². The third-order valence-corrected chi connectivity index (χ3v) is 4.11. The van der Waals surface area contributed by atoms with Crippen LogP contribution in [0.15, 0.2) is 66.9 Å². The van der Waals surface area contributed by atoms with Gasteiger partial charge in [-0.25, -0.2) is 0 Å². The molecule has 3 nitrogen and oxygen atoms in total. The lowest BCUT2D eigenvalue weighted by molar-refractivity contribution is 1.11. The molecule has 0 radical (unpaired) electrons. The average molecular weight is 311 g/mol. The van der Waals surface area contributed by atoms with E-state index in [-0.39, 0.29) is 0 Å². The maximum Gasteiger partial charge on any atom is 0.0927 e. The molecule has 4 rings (SSSR count). The fourth-order valence-electron chi connectivity index (χ4n) is 2.84. The second-order valence-corrected chi connectivity index (χ2v) is 5.78. The van der Waals surface area contributed by atoms with Gasteiger partial charge in [0.1, 0.15) is 0 Å². The van der Waals surface area contributed by atoms with E-state index >= 15 is 0 Å². The van der Waals surface area contributed by atoms with Crippen molar-refractivity contribution in [3.63, 3.8) is 0 Å². The van der Waals surface area contributed by atoms with Crippen LogP contribution in [-0.2, 0) is 0 Å². The summed E-state index contributed by atoms with van der Waals surface area (Å²) in [4.78, 5) is 4.51. The largest absolute Gasteiger partial charge is 0.277 e. The van der Waals surface area contributed by atoms with Crippen LogP contribution >= 0.6 is 0 Å². The molecular formula is C21H17N3. The summed E-state index contributed by atoms with van der Waals surface area (Å²) in [6.07, 6.45) is 5.95. The van der Waals surface area contributed by atoms with Gasteiger partial charge in [0, 0.05) is 17.1 Å². The van der Waals surface area contributed by atoms with E-state index in [0.29, 0.717) is 0 Å². The predicted molar refractivity (Wildman–Crippen MR) is 99.4 cm³/mol. The SMILES string of the molecule is Cc1cccnc1-c1ccc2[nH]nc(/C=C/c3ccccc3)c2c1. The minimum absolute atomic E-state index is 0.935. The molecule has 0 spiro atoms. The van der Waals surface area contributed by atoms with E-state index in [9.17, 15) is 0 Å². The minimum Gasteiger partial charge on any atom is -0.277 e. The predicted octanol–water partition coefficient (Wildman–Crippen LogP) is 5.10. The molecular weight excluding hydrogens is 294 g/mol. The molecule has 0 aliphatic rings. The minimum atomic E-state index is 0.935. The van der Waals surface area contributed by atoms with Crippen molar-refractivity contribution in [3.05, 3.63) is 83.7 Å². The van der Waals surface area contributed by atoms with Crippen LogP contribution in [0.25, 0.3) is 34.3 Å². The van der Waals surface area contributed by atoms with Crippen molar-refractivity contribution >= 4 is 23.1 Å². The van der Waals surface area contributed by atoms with Gasteiger partial charge in [0.05, 0.1) is 16.9 Å². The first-order valence-corrected chi connectivity index (χ1v) is 7.94. The van der Waals surface area contributed by atoms with Crippen LogP contribution in [0.1, 0.15) is 16.8 Å². The number of aryl methyl sites for hydroxylation is 1. The van der Waals surface area contributed by atoms with E-state index in [1.54, 1.807) is 0 Å². The Hall–Kier alpha value is -3.20. The van der Waals surface area contributed by atoms with E-state index in [1.165, 1.54) is 5.56 Å². The van der Waals surface area contributed by atoms with Crippen LogP contribution in [0.3, 0.4) is 0 Å². The highest BCUT2D eigenvalue weighted by Gasteiger charge is 2.07. The smallest absolute Gasteiger partial charge is 0.0927 e. The van der Waals surface area contributed by atoms with Gasteiger partial charge in [0.2, 0.25) is 0 Å². The monoisotopic (exact) mass is 311 g/mol. The van der Waals surface area contributed by atoms with Crippen molar-refractivity contribution in [1.29, 1.82) is 0 Å². The second kappa shape index (κ2) is 6.13. The lowest BCUT2D eigenvalue weighted by Crippen LogP contribution is -1.87. The number of nitrogens with one attached hydrogen (secondary N) is 1. The molecule has 0 saturated heterocycles. The molecule has 0 bridgehead atoms. The molecule has 116 valence electrons. The van der Waals surface area contributed by atoms with Crippen molar-refractivity contribution < 1.29 is 0 Å². The Kier molecular flexibility index (Phi) is 3.67. The van der Waals surface area contributed by atoms with Crippen molar-refractivity contribution in [2.45, 2.75) is 6.92 Å². The van der Waals surface area contributed by atoms with Crippen LogP contribution in [0.4, 0.5) is 0 Å². The Balaban J connectivity index is 1.77. The van der Waals surface area contributed by atoms with Gasteiger partial charge in [-0.05, 0) is 42.3 Å². The summed E-state index contributed by atoms with van der Waals surface area (Å²) < 4.78 is 0. The summed E-state index contributed by atoms with van der Waals surface area (Å²) in [6.45, 7) is 2.08. The van der Waals surface area contributed by atoms with Gasteiger partial charge in [0.15, 0.2) is 0 Å². The third-order valence-electron chi connectivity index (χ3n) is 4.11. The first-order chi connectivity index (χ1) is 11.8. The highest BCUT2D eigenvalue weighted by Crippen LogP contribution is 2.26. The second-order valence-electron chi connectivity index (χ2n) is 5.78. The molecule has 4 aromatic rings. The van der Waals surface area contributed by atoms with Gasteiger partial charge in [0.25, 0.3) is 0 Å². The van der Waals surface area contributed by atoms with Gasteiger partial charge in [-0.1, -0.05) is 48.5 Å². The van der Waals surface area contributed by atoms with Crippen LogP contribution in [0, 0.1) is 6.92 Å². The summed E-state index contributed by atoms with van der Waals surface area (Å²) >= 11 is 0. The highest BCUT2D eigenvalue weighted by atomic mass is 15.1. The zero-order valence-electron chi connectivity index (χ0n) is 13.4. The Labute approximate surface area is 140 Å². The lowest BCUT2D eigenvalue weighted by atomic mass is 10.0. The Bertz CT molecular complexity index is 1010. The zero-order valence-corrected chi connectivity index (χ0v) is 13.4. The lowest BCUT2D eigenvalue weighted by Gasteiger charge is -2.04. The summed E-state index contributed by atoms with van der Waals surface area (Å²) in [5.41, 5.74) is 6.41. The molecule has 0 unspecified atom stereocenters. The number of fused-ring (bicyclic) bond motifs is 1. The summed E-state index contributed by atoms with van der Waals surface area (Å²) in [5, 5.41) is 8.63. The van der Waals surface area contributed by atoms with Gasteiger partial charge >= 0.3 is 0 Å². The normalized spacial score (nSPS) is 11.4. The number of aromatic amines is 1. The van der Waals surface area contributed by atoms with Crippen molar-refractivity contribution in [1.82, 2.24) is 15.2 Å². The topological polar surface area (TPSA) is 41.6 Å². The molecule has 0 amide bonds. The van der Waals surface area contributed by atoms with Gasteiger partial charge in [-0.15, -0.1) is 0 Å². The van der Waals surface area contributed by atoms with E-state index in [4.69, 9.17) is 0 Å². The van der Waals surface area contributed by atoms with E-state index in [1.807, 2.05) is 36.5 Å². The Morgan fingerprint density at radius 2 is 1.79 bits per heavy atom. The Morgan fingerprint density at radius 1 is 0.917 bits per heavy atom. The van der Waals surface area contributed by atoms with Crippen molar-refractivity contribution in [2.24, 2.45) is 0 Å². The maximum atomic E-state index is 4.51. The quantitative estimate of drug-likeness (QED) is 0.571. The molecule has 24 heavy (non-hydrogen) atoms. The average Bonchev–Trinajstić information content (AvgIpc) is 3.03. The number of hydrogen-bond donors (Lipinski definition) is 1. The van der Waals surface area contributed by atoms with Gasteiger partial charge in [-0.3, -0.25) is 10.1 Å². The number of hydrogen-bond acceptors (Lipinski definition) is 2. The summed E-state index contributed by atoms with van der Waals surface area (Å²) in [5.74, 6) is 0. The van der Waals surface area contributed by atoms with Crippen LogP contribution < -0.4 is 0 Å². The first-order valence-electron chi connectivity index (χ1n) is 7.94. The fraction of sp³-hybridized carbons (Fsp3) is 0.0476. The zero-order chi connectivity index (χ0) is 16.4. The molecule has 1 N–H and O–H groups in total. The molecule has 0 aliphatic carbocycles. The maximum absolute atomic E-state index is 4.51. The number of aromatic nitrogens is 3. The molecule has 2 heterocycles.